The summed E-state index contributed by atoms with van der Waals surface area (Å²) in [6.07, 6.45) is -17.2. The first-order chi connectivity index (χ1) is 21.1. The molecule has 7 nitrogen and oxygen atoms in total. The number of ether oxygens (including phenoxy) is 3. The van der Waals surface area contributed by atoms with Gasteiger partial charge in [0.1, 0.15) is 5.75 Å². The number of amides is 2. The van der Waals surface area contributed by atoms with Gasteiger partial charge in [-0.05, 0) is 55.0 Å². The molecule has 1 N–H and O–H groups in total. The van der Waals surface area contributed by atoms with E-state index in [1.807, 2.05) is 5.32 Å². The van der Waals surface area contributed by atoms with E-state index in [2.05, 4.69) is 14.2 Å². The second-order valence-corrected chi connectivity index (χ2v) is 9.48. The summed E-state index contributed by atoms with van der Waals surface area (Å²) in [5.74, 6) is -6.41. The molecule has 46 heavy (non-hydrogen) atoms. The lowest BCUT2D eigenvalue weighted by atomic mass is 9.92. The number of aryl methyl sites for hydroxylation is 1. The largest absolute Gasteiger partial charge is 0.586 e. The van der Waals surface area contributed by atoms with Gasteiger partial charge in [-0.2, -0.15) is 35.1 Å². The number of carbonyl (C=O) groups excluding carboxylic acids is 2. The Kier molecular flexibility index (Phi) is 8.51. The number of benzene rings is 3. The molecule has 19 heteroatoms. The van der Waals surface area contributed by atoms with E-state index in [1.165, 1.54) is 0 Å². The molecule has 0 atom stereocenters. The lowest BCUT2D eigenvalue weighted by molar-refractivity contribution is -0.348. The van der Waals surface area contributed by atoms with Crippen molar-refractivity contribution in [2.24, 2.45) is 0 Å². The van der Waals surface area contributed by atoms with Gasteiger partial charge >= 0.3 is 30.9 Å². The summed E-state index contributed by atoms with van der Waals surface area (Å²) < 4.78 is 175. The van der Waals surface area contributed by atoms with E-state index in [-0.39, 0.29) is 17.7 Å². The number of nitrogens with one attached hydrogen (secondary N) is 1. The van der Waals surface area contributed by atoms with E-state index in [0.29, 0.717) is 4.90 Å². The molecule has 0 spiro atoms. The maximum absolute atomic E-state index is 15.5. The minimum absolute atomic E-state index is 0.0185. The molecule has 1 heterocycles. The molecule has 0 bridgehead atoms. The highest BCUT2D eigenvalue weighted by Gasteiger charge is 2.73. The molecular formula is C27H16F12N2O5. The Morgan fingerprint density at radius 2 is 1.52 bits per heavy atom. The summed E-state index contributed by atoms with van der Waals surface area (Å²) in [7, 11) is 1.02. The normalized spacial score (nSPS) is 14.3. The third kappa shape index (κ3) is 6.17. The fourth-order valence-electron chi connectivity index (χ4n) is 4.31. The van der Waals surface area contributed by atoms with Crippen LogP contribution in [0.25, 0.3) is 0 Å². The van der Waals surface area contributed by atoms with Gasteiger partial charge in [0.05, 0.1) is 16.9 Å². The number of rotatable bonds is 7. The monoisotopic (exact) mass is 676 g/mol. The van der Waals surface area contributed by atoms with Crippen LogP contribution >= 0.6 is 0 Å². The van der Waals surface area contributed by atoms with Gasteiger partial charge in [-0.15, -0.1) is 8.78 Å². The second-order valence-electron chi connectivity index (χ2n) is 9.48. The molecule has 0 fully saturated rings. The minimum atomic E-state index is -6.61. The van der Waals surface area contributed by atoms with Gasteiger partial charge in [0, 0.05) is 18.2 Å². The van der Waals surface area contributed by atoms with Crippen molar-refractivity contribution in [3.8, 4) is 17.2 Å². The van der Waals surface area contributed by atoms with Crippen molar-refractivity contribution in [3.05, 3.63) is 76.6 Å². The number of hydrogen-bond donors (Lipinski definition) is 1. The van der Waals surface area contributed by atoms with Crippen LogP contribution in [0.15, 0.2) is 48.5 Å². The van der Waals surface area contributed by atoms with Gasteiger partial charge in [0.2, 0.25) is 0 Å². The first-order valence-corrected chi connectivity index (χ1v) is 12.3. The average molecular weight is 676 g/mol. The van der Waals surface area contributed by atoms with Gasteiger partial charge in [-0.1, -0.05) is 6.07 Å². The highest BCUT2D eigenvalue weighted by Crippen LogP contribution is 2.54. The van der Waals surface area contributed by atoms with E-state index in [1.54, 1.807) is 0 Å². The predicted octanol–water partition coefficient (Wildman–Crippen LogP) is 7.88. The lowest BCUT2D eigenvalue weighted by Gasteiger charge is -2.31. The van der Waals surface area contributed by atoms with Crippen molar-refractivity contribution in [2.75, 3.05) is 17.3 Å². The van der Waals surface area contributed by atoms with Gasteiger partial charge in [-0.25, -0.2) is 8.78 Å². The number of anilines is 2. The maximum Gasteiger partial charge on any atom is 0.586 e. The van der Waals surface area contributed by atoms with Crippen molar-refractivity contribution in [2.45, 2.75) is 37.9 Å². The van der Waals surface area contributed by atoms with Crippen molar-refractivity contribution >= 4 is 23.2 Å². The number of nitrogens with zero attached hydrogens (tertiary/aromatic N) is 1. The zero-order chi connectivity index (χ0) is 34.6. The maximum atomic E-state index is 15.5. The smallest absolute Gasteiger partial charge is 0.433 e. The Bertz CT molecular complexity index is 1680. The third-order valence-corrected chi connectivity index (χ3v) is 6.47. The van der Waals surface area contributed by atoms with Crippen LogP contribution in [0.4, 0.5) is 64.1 Å². The molecule has 0 aromatic heterocycles. The van der Waals surface area contributed by atoms with E-state index >= 15 is 4.39 Å². The molecule has 3 aromatic carbocycles. The fraction of sp³-hybridized carbons (Fsp3) is 0.259. The zero-order valence-electron chi connectivity index (χ0n) is 22.7. The van der Waals surface area contributed by atoms with E-state index in [4.69, 9.17) is 0 Å². The standard InChI is InChI=1S/C27H16F12N2O5/c1-11-8-13(24(31,25(32,33)34)26(35,36)37)10-18(44-23(29)30)20(11)40-21(42)14-4-3-5-15(19(14)28)41(2)22(43)12-6-7-16-17(9-12)46-27(38,39)45-16/h3-10,23H,1-2H3,(H,40,42). The molecule has 2 amide bonds. The molecule has 4 rings (SSSR count). The van der Waals surface area contributed by atoms with Crippen LogP contribution in [0.5, 0.6) is 17.2 Å². The molecule has 1 aliphatic rings. The Labute approximate surface area is 249 Å². The Morgan fingerprint density at radius 3 is 2.11 bits per heavy atom. The Morgan fingerprint density at radius 1 is 0.913 bits per heavy atom. The van der Waals surface area contributed by atoms with Crippen molar-refractivity contribution < 1.29 is 76.5 Å². The Balaban J connectivity index is 1.68. The van der Waals surface area contributed by atoms with Crippen LogP contribution < -0.4 is 24.4 Å². The van der Waals surface area contributed by atoms with Crippen molar-refractivity contribution in [1.82, 2.24) is 0 Å². The topological polar surface area (TPSA) is 77.1 Å². The first kappa shape index (κ1) is 34.0. The molecule has 0 unspecified atom stereocenters. The first-order valence-electron chi connectivity index (χ1n) is 12.3. The van der Waals surface area contributed by atoms with Crippen LogP contribution in [0.3, 0.4) is 0 Å². The van der Waals surface area contributed by atoms with E-state index in [9.17, 15) is 57.9 Å². The number of carbonyl (C=O) groups is 2. The molecule has 0 saturated heterocycles. The zero-order valence-corrected chi connectivity index (χ0v) is 22.7. The van der Waals surface area contributed by atoms with Crippen LogP contribution in [-0.4, -0.2) is 44.1 Å². The summed E-state index contributed by atoms with van der Waals surface area (Å²) in [6, 6.07) is 5.36. The molecule has 248 valence electrons. The highest BCUT2D eigenvalue weighted by atomic mass is 19.4. The van der Waals surface area contributed by atoms with Gasteiger partial charge < -0.3 is 24.4 Å². The second kappa shape index (κ2) is 11.5. The van der Waals surface area contributed by atoms with Gasteiger partial charge in [0.25, 0.3) is 11.8 Å². The summed E-state index contributed by atoms with van der Waals surface area (Å²) in [5, 5.41) is 1.83. The number of alkyl halides is 11. The Hall–Kier alpha value is -4.84. The molecule has 0 saturated carbocycles. The lowest BCUT2D eigenvalue weighted by Crippen LogP contribution is -2.50. The fourth-order valence-corrected chi connectivity index (χ4v) is 4.31. The summed E-state index contributed by atoms with van der Waals surface area (Å²) in [4.78, 5) is 26.6. The van der Waals surface area contributed by atoms with Crippen LogP contribution in [0.2, 0.25) is 0 Å². The number of halogens is 12. The molecule has 1 aliphatic heterocycles. The molecule has 0 aliphatic carbocycles. The van der Waals surface area contributed by atoms with E-state index < -0.39 is 93.9 Å². The number of hydrogen-bond acceptors (Lipinski definition) is 5. The predicted molar refractivity (Wildman–Crippen MR) is 132 cm³/mol. The van der Waals surface area contributed by atoms with Crippen LogP contribution in [-0.2, 0) is 5.67 Å². The van der Waals surface area contributed by atoms with Crippen molar-refractivity contribution in [1.29, 1.82) is 0 Å². The molecule has 0 radical (unpaired) electrons. The molecule has 3 aromatic rings. The van der Waals surface area contributed by atoms with Crippen molar-refractivity contribution in [3.63, 3.8) is 0 Å². The average Bonchev–Trinajstić information content (AvgIpc) is 3.24. The quantitative estimate of drug-likeness (QED) is 0.258. The number of fused-ring (bicyclic) bond motifs is 1. The SMILES string of the molecule is Cc1cc(C(F)(C(F)(F)F)C(F)(F)F)cc(OC(F)F)c1NC(=O)c1cccc(N(C)C(=O)c2ccc3c(c2)OC(F)(F)O3)c1F. The highest BCUT2D eigenvalue weighted by molar-refractivity contribution is 6.09. The minimum Gasteiger partial charge on any atom is -0.433 e. The van der Waals surface area contributed by atoms with Crippen LogP contribution in [0, 0.1) is 12.7 Å². The van der Waals surface area contributed by atoms with E-state index in [0.717, 1.165) is 50.4 Å². The van der Waals surface area contributed by atoms with Gasteiger partial charge in [-0.3, -0.25) is 9.59 Å². The summed E-state index contributed by atoms with van der Waals surface area (Å²) >= 11 is 0. The van der Waals surface area contributed by atoms with Gasteiger partial charge in [0.15, 0.2) is 17.3 Å². The third-order valence-electron chi connectivity index (χ3n) is 6.47. The molecular weight excluding hydrogens is 660 g/mol. The van der Waals surface area contributed by atoms with Crippen LogP contribution in [0.1, 0.15) is 31.8 Å². The summed E-state index contributed by atoms with van der Waals surface area (Å²) in [5.41, 5.74) is -11.8. The summed E-state index contributed by atoms with van der Waals surface area (Å²) in [6.45, 7) is -3.16.